The first-order chi connectivity index (χ1) is 14.5. The van der Waals surface area contributed by atoms with Gasteiger partial charge in [0.05, 0.1) is 17.1 Å². The summed E-state index contributed by atoms with van der Waals surface area (Å²) in [6.45, 7) is 2.12. The first-order valence-electron chi connectivity index (χ1n) is 9.58. The highest BCUT2D eigenvalue weighted by Gasteiger charge is 2.36. The summed E-state index contributed by atoms with van der Waals surface area (Å²) in [5.41, 5.74) is 2.18. The number of nitrogens with zero attached hydrogens (tertiary/aromatic N) is 3. The number of carbonyl (C=O) groups excluding carboxylic acids is 1. The topological polar surface area (TPSA) is 72.4 Å². The van der Waals surface area contributed by atoms with Crippen molar-refractivity contribution < 1.29 is 13.6 Å². The smallest absolute Gasteiger partial charge is 0.290 e. The van der Waals surface area contributed by atoms with Crippen LogP contribution in [0.15, 0.2) is 55.8 Å². The summed E-state index contributed by atoms with van der Waals surface area (Å²) in [5, 5.41) is 9.69. The van der Waals surface area contributed by atoms with Crippen molar-refractivity contribution in [1.82, 2.24) is 15.1 Å². The average molecular weight is 487 g/mol. The molecule has 2 heterocycles. The van der Waals surface area contributed by atoms with E-state index in [9.17, 15) is 4.79 Å². The van der Waals surface area contributed by atoms with Gasteiger partial charge in [0.25, 0.3) is 5.91 Å². The number of halogens is 2. The molecule has 6 nitrogen and oxygen atoms in total. The fourth-order valence-electron chi connectivity index (χ4n) is 3.49. The first kappa shape index (κ1) is 19.3. The van der Waals surface area contributed by atoms with Crippen LogP contribution in [-0.2, 0) is 6.54 Å². The van der Waals surface area contributed by atoms with E-state index < -0.39 is 0 Å². The molecular weight excluding hydrogens is 470 g/mol. The maximum absolute atomic E-state index is 13.3. The van der Waals surface area contributed by atoms with Gasteiger partial charge in [-0.2, -0.15) is 0 Å². The number of aryl methyl sites for hydroxylation is 1. The largest absolute Gasteiger partial charge is 0.451 e. The molecule has 0 radical (unpaired) electrons. The lowest BCUT2D eigenvalue weighted by Crippen LogP contribution is -2.32. The van der Waals surface area contributed by atoms with Crippen LogP contribution < -0.4 is 0 Å². The second-order valence-electron chi connectivity index (χ2n) is 7.34. The molecule has 1 amide bonds. The zero-order valence-corrected chi connectivity index (χ0v) is 18.4. The molecule has 0 unspecified atom stereocenters. The van der Waals surface area contributed by atoms with E-state index in [1.54, 1.807) is 11.0 Å². The van der Waals surface area contributed by atoms with Crippen molar-refractivity contribution in [3.8, 4) is 11.5 Å². The molecule has 30 heavy (non-hydrogen) atoms. The maximum atomic E-state index is 13.3. The lowest BCUT2D eigenvalue weighted by molar-refractivity contribution is 0.0683. The Kier molecular flexibility index (Phi) is 4.87. The van der Waals surface area contributed by atoms with Crippen LogP contribution in [0.5, 0.6) is 0 Å². The van der Waals surface area contributed by atoms with E-state index in [1.165, 1.54) is 0 Å². The number of furan rings is 1. The van der Waals surface area contributed by atoms with Gasteiger partial charge in [0.1, 0.15) is 5.58 Å². The highest BCUT2D eigenvalue weighted by Crippen LogP contribution is 2.34. The molecule has 4 aromatic rings. The van der Waals surface area contributed by atoms with Crippen molar-refractivity contribution in [3.63, 3.8) is 0 Å². The predicted molar refractivity (Wildman–Crippen MR) is 116 cm³/mol. The van der Waals surface area contributed by atoms with Gasteiger partial charge in [-0.1, -0.05) is 39.7 Å². The Morgan fingerprint density at radius 1 is 1.20 bits per heavy atom. The van der Waals surface area contributed by atoms with Gasteiger partial charge < -0.3 is 13.7 Å². The average Bonchev–Trinajstić information content (AvgIpc) is 3.39. The second-order valence-corrected chi connectivity index (χ2v) is 8.66. The van der Waals surface area contributed by atoms with Crippen molar-refractivity contribution in [1.29, 1.82) is 0 Å². The van der Waals surface area contributed by atoms with Crippen molar-refractivity contribution in [2.24, 2.45) is 0 Å². The molecule has 2 aromatic carbocycles. The molecule has 152 valence electrons. The van der Waals surface area contributed by atoms with Gasteiger partial charge in [-0.25, -0.2) is 0 Å². The molecule has 1 aliphatic carbocycles. The summed E-state index contributed by atoms with van der Waals surface area (Å²) in [4.78, 5) is 15.1. The monoisotopic (exact) mass is 485 g/mol. The SMILES string of the molecule is Cc1c(C(=O)N(Cc2nnc(-c3ccccc3Cl)o2)C2CC2)oc2ccc(Br)cc12. The van der Waals surface area contributed by atoms with E-state index in [4.69, 9.17) is 20.4 Å². The number of aromatic nitrogens is 2. The predicted octanol–water partition coefficient (Wildman–Crippen LogP) is 6.01. The van der Waals surface area contributed by atoms with E-state index in [2.05, 4.69) is 26.1 Å². The number of benzene rings is 2. The van der Waals surface area contributed by atoms with Gasteiger partial charge in [-0.15, -0.1) is 10.2 Å². The number of amides is 1. The zero-order valence-electron chi connectivity index (χ0n) is 16.1. The third-order valence-electron chi connectivity index (χ3n) is 5.22. The fourth-order valence-corrected chi connectivity index (χ4v) is 4.06. The maximum Gasteiger partial charge on any atom is 0.290 e. The molecule has 0 spiro atoms. The summed E-state index contributed by atoms with van der Waals surface area (Å²) < 4.78 is 12.7. The Labute approximate surface area is 185 Å². The van der Waals surface area contributed by atoms with Crippen LogP contribution in [0.4, 0.5) is 0 Å². The summed E-state index contributed by atoms with van der Waals surface area (Å²) in [5.74, 6) is 0.880. The molecule has 5 rings (SSSR count). The van der Waals surface area contributed by atoms with Gasteiger partial charge in [0.15, 0.2) is 5.76 Å². The molecule has 8 heteroatoms. The lowest BCUT2D eigenvalue weighted by Gasteiger charge is -2.19. The first-order valence-corrected chi connectivity index (χ1v) is 10.8. The number of hydrogen-bond donors (Lipinski definition) is 0. The summed E-state index contributed by atoms with van der Waals surface area (Å²) in [6.07, 6.45) is 1.89. The number of hydrogen-bond acceptors (Lipinski definition) is 5. The number of rotatable bonds is 5. The van der Waals surface area contributed by atoms with Gasteiger partial charge in [-0.05, 0) is 50.1 Å². The Hall–Kier alpha value is -2.64. The van der Waals surface area contributed by atoms with Gasteiger partial charge >= 0.3 is 0 Å². The lowest BCUT2D eigenvalue weighted by atomic mass is 10.1. The third-order valence-corrected chi connectivity index (χ3v) is 6.04. The van der Waals surface area contributed by atoms with Crippen LogP contribution in [0.25, 0.3) is 22.4 Å². The van der Waals surface area contributed by atoms with Crippen LogP contribution in [0.1, 0.15) is 34.9 Å². The van der Waals surface area contributed by atoms with Crippen molar-refractivity contribution >= 4 is 44.4 Å². The molecule has 2 aromatic heterocycles. The summed E-state index contributed by atoms with van der Waals surface area (Å²) >= 11 is 9.70. The Morgan fingerprint density at radius 2 is 2.00 bits per heavy atom. The molecule has 0 N–H and O–H groups in total. The Morgan fingerprint density at radius 3 is 2.77 bits per heavy atom. The van der Waals surface area contributed by atoms with Crippen molar-refractivity contribution in [3.05, 3.63) is 69.2 Å². The summed E-state index contributed by atoms with van der Waals surface area (Å²) in [7, 11) is 0. The van der Waals surface area contributed by atoms with E-state index in [-0.39, 0.29) is 18.5 Å². The van der Waals surface area contributed by atoms with Crippen molar-refractivity contribution in [2.45, 2.75) is 32.4 Å². The highest BCUT2D eigenvalue weighted by atomic mass is 79.9. The van der Waals surface area contributed by atoms with Crippen LogP contribution in [0.2, 0.25) is 5.02 Å². The zero-order chi connectivity index (χ0) is 20.8. The molecule has 0 bridgehead atoms. The minimum Gasteiger partial charge on any atom is -0.451 e. The quantitative estimate of drug-likeness (QED) is 0.345. The fraction of sp³-hybridized carbons (Fsp3) is 0.227. The standard InChI is InChI=1S/C22H17BrClN3O3/c1-12-16-10-13(23)6-9-18(16)29-20(12)22(28)27(14-7-8-14)11-19-25-26-21(30-19)15-4-2-3-5-17(15)24/h2-6,9-10,14H,7-8,11H2,1H3. The second kappa shape index (κ2) is 7.56. The van der Waals surface area contributed by atoms with Gasteiger partial charge in [0.2, 0.25) is 11.8 Å². The van der Waals surface area contributed by atoms with E-state index >= 15 is 0 Å². The highest BCUT2D eigenvalue weighted by molar-refractivity contribution is 9.10. The van der Waals surface area contributed by atoms with E-state index in [0.717, 1.165) is 28.3 Å². The third kappa shape index (κ3) is 3.52. The van der Waals surface area contributed by atoms with Gasteiger partial charge in [0, 0.05) is 21.5 Å². The minimum absolute atomic E-state index is 0.146. The Bertz CT molecular complexity index is 1260. The molecule has 1 aliphatic rings. The van der Waals surface area contributed by atoms with Crippen molar-refractivity contribution in [2.75, 3.05) is 0 Å². The molecule has 0 aliphatic heterocycles. The molecule has 1 fully saturated rings. The normalized spacial score (nSPS) is 13.7. The van der Waals surface area contributed by atoms with Crippen LogP contribution in [0, 0.1) is 6.92 Å². The molecule has 0 atom stereocenters. The Balaban J connectivity index is 1.44. The number of carbonyl (C=O) groups is 1. The van der Waals surface area contributed by atoms with Crippen LogP contribution >= 0.6 is 27.5 Å². The van der Waals surface area contributed by atoms with Gasteiger partial charge in [-0.3, -0.25) is 4.79 Å². The number of fused-ring (bicyclic) bond motifs is 1. The van der Waals surface area contributed by atoms with E-state index in [1.807, 2.05) is 43.3 Å². The van der Waals surface area contributed by atoms with E-state index in [0.29, 0.717) is 33.7 Å². The minimum atomic E-state index is -0.167. The summed E-state index contributed by atoms with van der Waals surface area (Å²) in [6, 6.07) is 13.1. The van der Waals surface area contributed by atoms with Crippen LogP contribution in [0.3, 0.4) is 0 Å². The van der Waals surface area contributed by atoms with Crippen LogP contribution in [-0.4, -0.2) is 27.0 Å². The molecular formula is C22H17BrClN3O3. The molecule has 0 saturated heterocycles. The molecule has 1 saturated carbocycles.